The van der Waals surface area contributed by atoms with Crippen LogP contribution in [-0.4, -0.2) is 18.9 Å². The first-order chi connectivity index (χ1) is 9.59. The average Bonchev–Trinajstić information content (AvgIpc) is 2.37. The Kier molecular flexibility index (Phi) is 5.53. The number of benzene rings is 1. The minimum absolute atomic E-state index is 0.149. The monoisotopic (exact) mass is 314 g/mol. The van der Waals surface area contributed by atoms with E-state index in [1.54, 1.807) is 13.0 Å². The molecule has 0 fully saturated rings. The van der Waals surface area contributed by atoms with E-state index in [4.69, 9.17) is 9.29 Å². The van der Waals surface area contributed by atoms with E-state index in [1.165, 1.54) is 18.2 Å². The Bertz CT molecular complexity index is 604. The summed E-state index contributed by atoms with van der Waals surface area (Å²) < 4.78 is 36.9. The number of carbonyl (C=O) groups excluding carboxylic acids is 1. The minimum Gasteiger partial charge on any atom is -0.425 e. The van der Waals surface area contributed by atoms with Crippen LogP contribution in [0.15, 0.2) is 29.2 Å². The van der Waals surface area contributed by atoms with Gasteiger partial charge >= 0.3 is 5.97 Å². The van der Waals surface area contributed by atoms with Crippen molar-refractivity contribution in [3.05, 3.63) is 24.3 Å². The SMILES string of the molecule is CCCC(C)(C)C(C)C(=O)Oc1ccccc1S(=O)(=O)O. The number of ether oxygens (including phenoxy) is 1. The highest BCUT2D eigenvalue weighted by molar-refractivity contribution is 7.86. The van der Waals surface area contributed by atoms with Crippen LogP contribution in [-0.2, 0) is 14.9 Å². The fourth-order valence-corrected chi connectivity index (χ4v) is 2.74. The van der Waals surface area contributed by atoms with Crippen LogP contribution in [0.5, 0.6) is 5.75 Å². The molecule has 0 aliphatic carbocycles. The maximum Gasteiger partial charge on any atom is 0.314 e. The largest absolute Gasteiger partial charge is 0.425 e. The van der Waals surface area contributed by atoms with E-state index in [1.807, 2.05) is 20.8 Å². The molecule has 1 aromatic rings. The van der Waals surface area contributed by atoms with Crippen LogP contribution in [0.4, 0.5) is 0 Å². The Labute approximate surface area is 126 Å². The van der Waals surface area contributed by atoms with Gasteiger partial charge in [0.25, 0.3) is 10.1 Å². The van der Waals surface area contributed by atoms with Gasteiger partial charge in [-0.2, -0.15) is 8.42 Å². The fourth-order valence-electron chi connectivity index (χ4n) is 2.12. The van der Waals surface area contributed by atoms with Crippen LogP contribution in [0.3, 0.4) is 0 Å². The zero-order valence-corrected chi connectivity index (χ0v) is 13.6. The molecule has 1 unspecified atom stereocenters. The van der Waals surface area contributed by atoms with E-state index in [0.29, 0.717) is 0 Å². The molecular formula is C15H22O5S. The molecule has 5 nitrogen and oxygen atoms in total. The van der Waals surface area contributed by atoms with Crippen LogP contribution >= 0.6 is 0 Å². The van der Waals surface area contributed by atoms with Crippen molar-refractivity contribution in [2.75, 3.05) is 0 Å². The number of hydrogen-bond acceptors (Lipinski definition) is 4. The molecule has 0 saturated carbocycles. The maximum atomic E-state index is 12.2. The Balaban J connectivity index is 3.00. The first-order valence-electron chi connectivity index (χ1n) is 6.88. The molecule has 0 aliphatic heterocycles. The second kappa shape index (κ2) is 6.58. The molecule has 118 valence electrons. The summed E-state index contributed by atoms with van der Waals surface area (Å²) >= 11 is 0. The molecule has 0 spiro atoms. The van der Waals surface area contributed by atoms with Crippen molar-refractivity contribution in [3.63, 3.8) is 0 Å². The highest BCUT2D eigenvalue weighted by atomic mass is 32.2. The lowest BCUT2D eigenvalue weighted by Gasteiger charge is -2.29. The van der Waals surface area contributed by atoms with Gasteiger partial charge in [0.2, 0.25) is 0 Å². The van der Waals surface area contributed by atoms with E-state index >= 15 is 0 Å². The molecule has 0 bridgehead atoms. The van der Waals surface area contributed by atoms with Gasteiger partial charge < -0.3 is 4.74 Å². The molecule has 21 heavy (non-hydrogen) atoms. The summed E-state index contributed by atoms with van der Waals surface area (Å²) in [6, 6.07) is 5.53. The van der Waals surface area contributed by atoms with E-state index < -0.39 is 26.9 Å². The predicted molar refractivity (Wildman–Crippen MR) is 79.7 cm³/mol. The second-order valence-corrected chi connectivity index (χ2v) is 7.19. The first kappa shape index (κ1) is 17.7. The molecule has 0 radical (unpaired) electrons. The van der Waals surface area contributed by atoms with Crippen molar-refractivity contribution < 1.29 is 22.5 Å². The second-order valence-electron chi connectivity index (χ2n) is 5.80. The van der Waals surface area contributed by atoms with Crippen LogP contribution < -0.4 is 4.74 Å². The molecule has 0 aliphatic rings. The normalized spacial score (nSPS) is 13.8. The number of carbonyl (C=O) groups is 1. The summed E-state index contributed by atoms with van der Waals surface area (Å²) in [5.74, 6) is -1.05. The third kappa shape index (κ3) is 4.54. The topological polar surface area (TPSA) is 80.7 Å². The quantitative estimate of drug-likeness (QED) is 0.495. The van der Waals surface area contributed by atoms with E-state index in [0.717, 1.165) is 12.8 Å². The molecule has 0 amide bonds. The molecule has 1 atom stereocenters. The molecule has 1 N–H and O–H groups in total. The van der Waals surface area contributed by atoms with Crippen molar-refractivity contribution in [2.24, 2.45) is 11.3 Å². The first-order valence-corrected chi connectivity index (χ1v) is 8.32. The van der Waals surface area contributed by atoms with E-state index in [-0.39, 0.29) is 11.2 Å². The average molecular weight is 314 g/mol. The summed E-state index contributed by atoms with van der Waals surface area (Å²) in [6.07, 6.45) is 1.79. The molecule has 1 aromatic carbocycles. The third-order valence-electron chi connectivity index (χ3n) is 3.76. The van der Waals surface area contributed by atoms with E-state index in [9.17, 15) is 13.2 Å². The lowest BCUT2D eigenvalue weighted by Crippen LogP contribution is -2.32. The van der Waals surface area contributed by atoms with Gasteiger partial charge in [-0.3, -0.25) is 9.35 Å². The third-order valence-corrected chi connectivity index (χ3v) is 4.65. The van der Waals surface area contributed by atoms with Gasteiger partial charge in [-0.25, -0.2) is 0 Å². The number of para-hydroxylation sites is 1. The smallest absolute Gasteiger partial charge is 0.314 e. The molecule has 0 heterocycles. The zero-order valence-electron chi connectivity index (χ0n) is 12.8. The molecule has 0 saturated heterocycles. The fraction of sp³-hybridized carbons (Fsp3) is 0.533. The molecule has 1 rings (SSSR count). The van der Waals surface area contributed by atoms with Gasteiger partial charge in [-0.1, -0.05) is 46.2 Å². The molecular weight excluding hydrogens is 292 g/mol. The number of hydrogen-bond donors (Lipinski definition) is 1. The van der Waals surface area contributed by atoms with Gasteiger partial charge in [0.15, 0.2) is 5.75 Å². The number of esters is 1. The zero-order chi connectivity index (χ0) is 16.3. The minimum atomic E-state index is -4.43. The summed E-state index contributed by atoms with van der Waals surface area (Å²) in [7, 11) is -4.43. The van der Waals surface area contributed by atoms with Crippen molar-refractivity contribution in [2.45, 2.75) is 45.4 Å². The molecule has 0 aromatic heterocycles. The standard InChI is InChI=1S/C15H22O5S/c1-5-10-15(3,4)11(2)14(16)20-12-8-6-7-9-13(12)21(17,18)19/h6-9,11H,5,10H2,1-4H3,(H,17,18,19). The van der Waals surface area contributed by atoms with Crippen molar-refractivity contribution >= 4 is 16.1 Å². The Morgan fingerprint density at radius 3 is 2.43 bits per heavy atom. The van der Waals surface area contributed by atoms with Gasteiger partial charge in [0.1, 0.15) is 4.90 Å². The highest BCUT2D eigenvalue weighted by Crippen LogP contribution is 2.33. The summed E-state index contributed by atoms with van der Waals surface area (Å²) in [6.45, 7) is 7.73. The summed E-state index contributed by atoms with van der Waals surface area (Å²) in [4.78, 5) is 11.8. The Hall–Kier alpha value is -1.40. The van der Waals surface area contributed by atoms with Crippen molar-refractivity contribution in [1.29, 1.82) is 0 Å². The Morgan fingerprint density at radius 1 is 1.33 bits per heavy atom. The summed E-state index contributed by atoms with van der Waals surface area (Å²) in [5, 5.41) is 0. The van der Waals surface area contributed by atoms with Crippen LogP contribution in [0.1, 0.15) is 40.5 Å². The van der Waals surface area contributed by atoms with Crippen molar-refractivity contribution in [1.82, 2.24) is 0 Å². The molecule has 6 heteroatoms. The van der Waals surface area contributed by atoms with Crippen LogP contribution in [0, 0.1) is 11.3 Å². The lowest BCUT2D eigenvalue weighted by atomic mass is 9.76. The summed E-state index contributed by atoms with van der Waals surface area (Å²) in [5.41, 5.74) is -0.251. The predicted octanol–water partition coefficient (Wildman–Crippen LogP) is 3.30. The maximum absolute atomic E-state index is 12.2. The lowest BCUT2D eigenvalue weighted by molar-refractivity contribution is -0.142. The van der Waals surface area contributed by atoms with Gasteiger partial charge in [0, 0.05) is 0 Å². The van der Waals surface area contributed by atoms with Crippen molar-refractivity contribution in [3.8, 4) is 5.75 Å². The van der Waals surface area contributed by atoms with E-state index in [2.05, 4.69) is 0 Å². The van der Waals surface area contributed by atoms with Gasteiger partial charge in [-0.15, -0.1) is 0 Å². The number of rotatable bonds is 6. The Morgan fingerprint density at radius 2 is 1.90 bits per heavy atom. The van der Waals surface area contributed by atoms with Crippen LogP contribution in [0.2, 0.25) is 0 Å². The highest BCUT2D eigenvalue weighted by Gasteiger charge is 2.32. The van der Waals surface area contributed by atoms with Gasteiger partial charge in [0.05, 0.1) is 5.92 Å². The van der Waals surface area contributed by atoms with Gasteiger partial charge in [-0.05, 0) is 24.0 Å². The van der Waals surface area contributed by atoms with Crippen LogP contribution in [0.25, 0.3) is 0 Å².